The third-order valence-corrected chi connectivity index (χ3v) is 2.74. The molecule has 1 aromatic carbocycles. The van der Waals surface area contributed by atoms with Crippen LogP contribution in [0.15, 0.2) is 46.0 Å². The molecule has 1 aliphatic heterocycles. The van der Waals surface area contributed by atoms with Crippen LogP contribution in [0.1, 0.15) is 22.8 Å². The van der Waals surface area contributed by atoms with E-state index in [9.17, 15) is 4.79 Å². The summed E-state index contributed by atoms with van der Waals surface area (Å²) in [6.45, 7) is 2.75. The van der Waals surface area contributed by atoms with Gasteiger partial charge in [-0.25, -0.2) is 9.98 Å². The fraction of sp³-hybridized carbons (Fsp3) is 0.154. The molecule has 0 saturated heterocycles. The molecule has 0 aromatic heterocycles. The summed E-state index contributed by atoms with van der Waals surface area (Å²) in [5, 5.41) is 3.06. The number of rotatable bonds is 1. The van der Waals surface area contributed by atoms with Crippen molar-refractivity contribution < 1.29 is 4.79 Å². The van der Waals surface area contributed by atoms with Gasteiger partial charge in [0.15, 0.2) is 5.78 Å². The highest BCUT2D eigenvalue weighted by Gasteiger charge is 2.27. The molecule has 1 aliphatic carbocycles. The monoisotopic (exact) mass is 225 g/mol. The molecule has 0 saturated carbocycles. The molecule has 0 radical (unpaired) electrons. The Hall–Kier alpha value is -2.23. The minimum atomic E-state index is -0.00366. The number of carbonyl (C=O) groups excluding carboxylic acids is 1. The highest BCUT2D eigenvalue weighted by atomic mass is 16.1. The van der Waals surface area contributed by atoms with Crippen molar-refractivity contribution in [3.63, 3.8) is 0 Å². The predicted octanol–water partition coefficient (Wildman–Crippen LogP) is 1.54. The maximum Gasteiger partial charge on any atom is 0.223 e. The van der Waals surface area contributed by atoms with Crippen molar-refractivity contribution in [2.75, 3.05) is 6.54 Å². The second-order valence-corrected chi connectivity index (χ2v) is 3.87. The molecule has 0 atom stereocenters. The van der Waals surface area contributed by atoms with Crippen LogP contribution in [-0.2, 0) is 0 Å². The summed E-state index contributed by atoms with van der Waals surface area (Å²) in [7, 11) is 0. The van der Waals surface area contributed by atoms with Gasteiger partial charge >= 0.3 is 0 Å². The first kappa shape index (κ1) is 9.96. The number of nitrogens with one attached hydrogen (secondary N) is 1. The van der Waals surface area contributed by atoms with Crippen molar-refractivity contribution >= 4 is 17.5 Å². The van der Waals surface area contributed by atoms with Gasteiger partial charge in [0, 0.05) is 23.7 Å². The number of allylic oxidation sites excluding steroid dienone is 2. The lowest BCUT2D eigenvalue weighted by atomic mass is 9.92. The number of aliphatic imine (C=N–C) groups is 2. The Kier molecular flexibility index (Phi) is 2.14. The van der Waals surface area contributed by atoms with Gasteiger partial charge in [-0.15, -0.1) is 0 Å². The Morgan fingerprint density at radius 2 is 1.94 bits per heavy atom. The van der Waals surface area contributed by atoms with E-state index in [0.29, 0.717) is 17.2 Å². The Morgan fingerprint density at radius 1 is 1.18 bits per heavy atom. The molecule has 0 unspecified atom stereocenters. The highest BCUT2D eigenvalue weighted by molar-refractivity contribution is 6.30. The molecule has 1 heterocycles. The van der Waals surface area contributed by atoms with Crippen LogP contribution in [0.25, 0.3) is 0 Å². The first-order valence-electron chi connectivity index (χ1n) is 5.56. The second-order valence-electron chi connectivity index (χ2n) is 3.87. The summed E-state index contributed by atoms with van der Waals surface area (Å²) < 4.78 is 0. The molecule has 0 bridgehead atoms. The number of nitrogens with zero attached hydrogens (tertiary/aromatic N) is 2. The molecule has 17 heavy (non-hydrogen) atoms. The molecular weight excluding hydrogens is 214 g/mol. The van der Waals surface area contributed by atoms with E-state index >= 15 is 0 Å². The van der Waals surface area contributed by atoms with E-state index in [1.54, 1.807) is 6.08 Å². The van der Waals surface area contributed by atoms with Crippen molar-refractivity contribution in [1.82, 2.24) is 5.32 Å². The van der Waals surface area contributed by atoms with Crippen LogP contribution in [-0.4, -0.2) is 24.0 Å². The van der Waals surface area contributed by atoms with Gasteiger partial charge in [-0.05, 0) is 6.92 Å². The lowest BCUT2D eigenvalue weighted by molar-refractivity contribution is 0.104. The van der Waals surface area contributed by atoms with Crippen LogP contribution in [0, 0.1) is 0 Å². The zero-order valence-corrected chi connectivity index (χ0v) is 9.40. The van der Waals surface area contributed by atoms with Crippen LogP contribution in [0.2, 0.25) is 0 Å². The van der Waals surface area contributed by atoms with Crippen LogP contribution in [0.3, 0.4) is 0 Å². The molecule has 1 aromatic rings. The van der Waals surface area contributed by atoms with Gasteiger partial charge in [0.05, 0.1) is 5.70 Å². The molecule has 1 N–H and O–H groups in total. The summed E-state index contributed by atoms with van der Waals surface area (Å²) in [6, 6.07) is 7.49. The van der Waals surface area contributed by atoms with E-state index in [4.69, 9.17) is 0 Å². The molecule has 3 rings (SSSR count). The van der Waals surface area contributed by atoms with Crippen LogP contribution < -0.4 is 5.32 Å². The molecule has 2 aliphatic rings. The van der Waals surface area contributed by atoms with Gasteiger partial charge in [0.2, 0.25) is 5.96 Å². The minimum Gasteiger partial charge on any atom is -0.354 e. The summed E-state index contributed by atoms with van der Waals surface area (Å²) in [5.74, 6) is 0.578. The van der Waals surface area contributed by atoms with Crippen molar-refractivity contribution in [2.24, 2.45) is 9.98 Å². The topological polar surface area (TPSA) is 53.8 Å². The van der Waals surface area contributed by atoms with E-state index in [0.717, 1.165) is 17.8 Å². The lowest BCUT2D eigenvalue weighted by Gasteiger charge is -2.11. The molecule has 0 spiro atoms. The van der Waals surface area contributed by atoms with Gasteiger partial charge in [-0.2, -0.15) is 0 Å². The third kappa shape index (κ3) is 1.49. The number of ketones is 1. The maximum atomic E-state index is 11.9. The zero-order valence-electron chi connectivity index (χ0n) is 9.40. The van der Waals surface area contributed by atoms with Gasteiger partial charge in [0.1, 0.15) is 5.71 Å². The van der Waals surface area contributed by atoms with Crippen molar-refractivity contribution in [2.45, 2.75) is 6.92 Å². The number of carbonyl (C=O) groups is 1. The fourth-order valence-corrected chi connectivity index (χ4v) is 2.00. The smallest absolute Gasteiger partial charge is 0.223 e. The number of fused-ring (bicyclic) bond motifs is 3. The van der Waals surface area contributed by atoms with E-state index in [1.165, 1.54) is 0 Å². The van der Waals surface area contributed by atoms with E-state index < -0.39 is 0 Å². The van der Waals surface area contributed by atoms with Gasteiger partial charge < -0.3 is 5.32 Å². The Bertz CT molecular complexity index is 596. The van der Waals surface area contributed by atoms with Crippen LogP contribution in [0.4, 0.5) is 0 Å². The summed E-state index contributed by atoms with van der Waals surface area (Å²) in [6.07, 6.45) is 1.55. The van der Waals surface area contributed by atoms with E-state index in [1.807, 2.05) is 31.2 Å². The summed E-state index contributed by atoms with van der Waals surface area (Å²) in [4.78, 5) is 20.6. The Morgan fingerprint density at radius 3 is 2.71 bits per heavy atom. The van der Waals surface area contributed by atoms with Gasteiger partial charge in [-0.1, -0.05) is 24.3 Å². The van der Waals surface area contributed by atoms with Gasteiger partial charge in [0.25, 0.3) is 0 Å². The predicted molar refractivity (Wildman–Crippen MR) is 66.5 cm³/mol. The van der Waals surface area contributed by atoms with Crippen molar-refractivity contribution in [3.05, 3.63) is 47.2 Å². The standard InChI is InChI=1S/C13H11N3O/c1-2-14-13-15-10-7-11(17)8-5-3-4-6-9(8)12(10)16-13/h3-7H,2H2,1H3,(H,14,15). The SMILES string of the molecule is CCNC1=NC2=CC(=O)c3ccccc3C2=N1. The van der Waals surface area contributed by atoms with Crippen LogP contribution >= 0.6 is 0 Å². The number of hydrogen-bond acceptors (Lipinski definition) is 4. The maximum absolute atomic E-state index is 11.9. The van der Waals surface area contributed by atoms with E-state index in [2.05, 4.69) is 15.3 Å². The van der Waals surface area contributed by atoms with Crippen molar-refractivity contribution in [3.8, 4) is 0 Å². The largest absolute Gasteiger partial charge is 0.354 e. The molecule has 84 valence electrons. The first-order chi connectivity index (χ1) is 8.29. The molecule has 0 amide bonds. The summed E-state index contributed by atoms with van der Waals surface area (Å²) in [5.41, 5.74) is 3.01. The van der Waals surface area contributed by atoms with E-state index in [-0.39, 0.29) is 5.78 Å². The summed E-state index contributed by atoms with van der Waals surface area (Å²) >= 11 is 0. The molecular formula is C13H11N3O. The highest BCUT2D eigenvalue weighted by Crippen LogP contribution is 2.25. The number of benzene rings is 1. The van der Waals surface area contributed by atoms with Gasteiger partial charge in [-0.3, -0.25) is 4.79 Å². The van der Waals surface area contributed by atoms with Crippen molar-refractivity contribution in [1.29, 1.82) is 0 Å². The average Bonchev–Trinajstić information content (AvgIpc) is 2.73. The lowest BCUT2D eigenvalue weighted by Crippen LogP contribution is -2.19. The van der Waals surface area contributed by atoms with Crippen LogP contribution in [0.5, 0.6) is 0 Å². The molecule has 4 heteroatoms. The quantitative estimate of drug-likeness (QED) is 0.788. The molecule has 4 nitrogen and oxygen atoms in total. The average molecular weight is 225 g/mol. The first-order valence-corrected chi connectivity index (χ1v) is 5.56. The zero-order chi connectivity index (χ0) is 11.8. The molecule has 0 fully saturated rings. The second kappa shape index (κ2) is 3.66. The number of hydrogen-bond donors (Lipinski definition) is 1. The Balaban J connectivity index is 2.13. The number of guanidine groups is 1. The Labute approximate surface area is 98.8 Å². The fourth-order valence-electron chi connectivity index (χ4n) is 2.00. The normalized spacial score (nSPS) is 16.8. The minimum absolute atomic E-state index is 0.00366. The third-order valence-electron chi connectivity index (χ3n) is 2.74.